The Morgan fingerprint density at radius 3 is 2.73 bits per heavy atom. The topological polar surface area (TPSA) is 73.1 Å². The van der Waals surface area contributed by atoms with Crippen molar-refractivity contribution in [3.05, 3.63) is 34.9 Å². The first kappa shape index (κ1) is 14.9. The minimum atomic E-state index is -0.831. The van der Waals surface area contributed by atoms with Crippen LogP contribution in [0.15, 0.2) is 23.4 Å². The van der Waals surface area contributed by atoms with Gasteiger partial charge in [-0.3, -0.25) is 0 Å². The van der Waals surface area contributed by atoms with Gasteiger partial charge in [0.25, 0.3) is 0 Å². The van der Waals surface area contributed by atoms with Gasteiger partial charge in [-0.1, -0.05) is 36.6 Å². The molecule has 0 bridgehead atoms. The molecule has 0 spiro atoms. The summed E-state index contributed by atoms with van der Waals surface area (Å²) < 4.78 is 0. The molecule has 0 aromatic heterocycles. The number of rotatable bonds is 2. The Hall–Kier alpha value is -2.04. The fourth-order valence-electron chi connectivity index (χ4n) is 3.98. The fourth-order valence-corrected chi connectivity index (χ4v) is 3.98. The molecule has 5 heteroatoms. The Morgan fingerprint density at radius 2 is 2.05 bits per heavy atom. The van der Waals surface area contributed by atoms with E-state index in [4.69, 9.17) is 5.21 Å². The number of hydrogen-bond acceptors (Lipinski definition) is 3. The lowest BCUT2D eigenvalue weighted by Crippen LogP contribution is -2.43. The Balaban J connectivity index is 2.01. The molecule has 118 valence electrons. The van der Waals surface area contributed by atoms with Crippen molar-refractivity contribution >= 4 is 12.3 Å². The summed E-state index contributed by atoms with van der Waals surface area (Å²) in [6.45, 7) is 0.566. The van der Waals surface area contributed by atoms with E-state index in [2.05, 4.69) is 5.16 Å². The molecule has 2 aliphatic rings. The largest absolute Gasteiger partial charge is 0.465 e. The highest BCUT2D eigenvalue weighted by atomic mass is 16.4. The molecule has 1 aromatic rings. The smallest absolute Gasteiger partial charge is 0.407 e. The van der Waals surface area contributed by atoms with E-state index in [0.717, 1.165) is 30.4 Å². The standard InChI is InChI=1S/C17H22N2O3/c20-17(21)19-9-8-13-7-6-12(11-18-22)10-15(13)16(19)14-4-2-1-3-5-14/h6-7,10-11,14,16,22H,1-5,8-9H2,(H,20,21). The Kier molecular flexibility index (Phi) is 4.32. The number of fused-ring (bicyclic) bond motifs is 1. The predicted molar refractivity (Wildman–Crippen MR) is 83.6 cm³/mol. The van der Waals surface area contributed by atoms with Crippen molar-refractivity contribution < 1.29 is 15.1 Å². The minimum absolute atomic E-state index is 0.0615. The van der Waals surface area contributed by atoms with Crippen molar-refractivity contribution in [3.63, 3.8) is 0 Å². The van der Waals surface area contributed by atoms with Crippen molar-refractivity contribution in [2.45, 2.75) is 44.6 Å². The van der Waals surface area contributed by atoms with Crippen LogP contribution in [0.3, 0.4) is 0 Å². The number of nitrogens with zero attached hydrogens (tertiary/aromatic N) is 2. The molecule has 0 saturated heterocycles. The van der Waals surface area contributed by atoms with E-state index in [-0.39, 0.29) is 6.04 Å². The summed E-state index contributed by atoms with van der Waals surface area (Å²) in [6, 6.07) is 5.89. The highest BCUT2D eigenvalue weighted by Crippen LogP contribution is 2.42. The monoisotopic (exact) mass is 302 g/mol. The number of amides is 1. The molecule has 2 N–H and O–H groups in total. The van der Waals surface area contributed by atoms with Crippen LogP contribution in [-0.2, 0) is 6.42 Å². The lowest BCUT2D eigenvalue weighted by atomic mass is 9.77. The molecule has 1 aliphatic carbocycles. The van der Waals surface area contributed by atoms with E-state index >= 15 is 0 Å². The molecule has 1 aliphatic heterocycles. The van der Waals surface area contributed by atoms with Gasteiger partial charge in [0.1, 0.15) is 0 Å². The van der Waals surface area contributed by atoms with E-state index in [1.54, 1.807) is 4.90 Å². The lowest BCUT2D eigenvalue weighted by molar-refractivity contribution is 0.0874. The van der Waals surface area contributed by atoms with Gasteiger partial charge in [-0.15, -0.1) is 0 Å². The number of oxime groups is 1. The molecule has 1 saturated carbocycles. The number of benzene rings is 1. The van der Waals surface area contributed by atoms with E-state index < -0.39 is 6.09 Å². The summed E-state index contributed by atoms with van der Waals surface area (Å²) in [5.74, 6) is 0.394. The second-order valence-corrected chi connectivity index (χ2v) is 6.27. The highest BCUT2D eigenvalue weighted by Gasteiger charge is 2.36. The van der Waals surface area contributed by atoms with Crippen LogP contribution >= 0.6 is 0 Å². The first-order valence-electron chi connectivity index (χ1n) is 8.00. The fraction of sp³-hybridized carbons (Fsp3) is 0.529. The van der Waals surface area contributed by atoms with E-state index in [0.29, 0.717) is 12.5 Å². The second-order valence-electron chi connectivity index (χ2n) is 6.27. The van der Waals surface area contributed by atoms with E-state index in [1.807, 2.05) is 18.2 Å². The molecule has 22 heavy (non-hydrogen) atoms. The van der Waals surface area contributed by atoms with Crippen LogP contribution in [0.1, 0.15) is 54.8 Å². The zero-order valence-corrected chi connectivity index (χ0v) is 12.6. The Morgan fingerprint density at radius 1 is 1.27 bits per heavy atom. The van der Waals surface area contributed by atoms with Crippen LogP contribution in [-0.4, -0.2) is 34.1 Å². The summed E-state index contributed by atoms with van der Waals surface area (Å²) in [5.41, 5.74) is 3.13. The molecule has 1 amide bonds. The molecule has 3 rings (SSSR count). The van der Waals surface area contributed by atoms with Gasteiger partial charge in [-0.25, -0.2) is 4.79 Å². The zero-order valence-electron chi connectivity index (χ0n) is 12.6. The zero-order chi connectivity index (χ0) is 15.5. The van der Waals surface area contributed by atoms with Crippen LogP contribution in [0, 0.1) is 5.92 Å². The summed E-state index contributed by atoms with van der Waals surface area (Å²) in [4.78, 5) is 13.3. The molecular weight excluding hydrogens is 280 g/mol. The number of hydrogen-bond donors (Lipinski definition) is 2. The average molecular weight is 302 g/mol. The van der Waals surface area contributed by atoms with Gasteiger partial charge in [0.05, 0.1) is 12.3 Å². The summed E-state index contributed by atoms with van der Waals surface area (Å²) in [7, 11) is 0. The van der Waals surface area contributed by atoms with Crippen LogP contribution in [0.25, 0.3) is 0 Å². The maximum atomic E-state index is 11.7. The average Bonchev–Trinajstić information content (AvgIpc) is 2.54. The normalized spacial score (nSPS) is 22.7. The van der Waals surface area contributed by atoms with Crippen molar-refractivity contribution in [1.29, 1.82) is 0 Å². The van der Waals surface area contributed by atoms with Gasteiger partial charge in [0.2, 0.25) is 0 Å². The molecule has 5 nitrogen and oxygen atoms in total. The van der Waals surface area contributed by atoms with Crippen LogP contribution in [0.2, 0.25) is 0 Å². The molecular formula is C17H22N2O3. The third-order valence-corrected chi connectivity index (χ3v) is 5.00. The van der Waals surface area contributed by atoms with Gasteiger partial charge < -0.3 is 15.2 Å². The van der Waals surface area contributed by atoms with E-state index in [1.165, 1.54) is 31.0 Å². The molecule has 1 heterocycles. The van der Waals surface area contributed by atoms with Crippen LogP contribution in [0.4, 0.5) is 4.79 Å². The number of carbonyl (C=O) groups is 1. The lowest BCUT2D eigenvalue weighted by Gasteiger charge is -2.41. The summed E-state index contributed by atoms with van der Waals surface area (Å²) >= 11 is 0. The molecule has 1 atom stereocenters. The molecule has 1 fully saturated rings. The molecule has 0 radical (unpaired) electrons. The van der Waals surface area contributed by atoms with Crippen LogP contribution in [0.5, 0.6) is 0 Å². The molecule has 1 unspecified atom stereocenters. The van der Waals surface area contributed by atoms with Crippen molar-refractivity contribution in [3.8, 4) is 0 Å². The minimum Gasteiger partial charge on any atom is -0.465 e. The van der Waals surface area contributed by atoms with Gasteiger partial charge in [-0.2, -0.15) is 0 Å². The predicted octanol–water partition coefficient (Wildman–Crippen LogP) is 3.65. The first-order valence-corrected chi connectivity index (χ1v) is 8.00. The van der Waals surface area contributed by atoms with E-state index in [9.17, 15) is 9.90 Å². The quantitative estimate of drug-likeness (QED) is 0.497. The first-order chi connectivity index (χ1) is 10.7. The van der Waals surface area contributed by atoms with Gasteiger partial charge in [0, 0.05) is 6.54 Å². The van der Waals surface area contributed by atoms with Gasteiger partial charge in [0.15, 0.2) is 0 Å². The van der Waals surface area contributed by atoms with Crippen LogP contribution < -0.4 is 0 Å². The van der Waals surface area contributed by atoms with Gasteiger partial charge in [-0.05, 0) is 47.9 Å². The van der Waals surface area contributed by atoms with Gasteiger partial charge >= 0.3 is 6.09 Å². The van der Waals surface area contributed by atoms with Crippen molar-refractivity contribution in [1.82, 2.24) is 4.90 Å². The third kappa shape index (κ3) is 2.80. The Bertz CT molecular complexity index is 579. The maximum absolute atomic E-state index is 11.7. The Labute approximate surface area is 130 Å². The summed E-state index contributed by atoms with van der Waals surface area (Å²) in [5, 5.41) is 21.4. The number of carboxylic acid groups (broad SMARTS) is 1. The highest BCUT2D eigenvalue weighted by molar-refractivity contribution is 5.80. The summed E-state index contributed by atoms with van der Waals surface area (Å²) in [6.07, 6.45) is 7.11. The third-order valence-electron chi connectivity index (χ3n) is 5.00. The molecule has 1 aromatic carbocycles. The van der Waals surface area contributed by atoms with Crippen molar-refractivity contribution in [2.24, 2.45) is 11.1 Å². The SMILES string of the molecule is O=C(O)N1CCc2ccc(C=NO)cc2C1C1CCCCC1. The maximum Gasteiger partial charge on any atom is 0.407 e. The van der Waals surface area contributed by atoms with Crippen molar-refractivity contribution in [2.75, 3.05) is 6.54 Å². The second kappa shape index (κ2) is 6.38.